The highest BCUT2D eigenvalue weighted by molar-refractivity contribution is 6.74. The minimum Gasteiger partial charge on any atom is -0.411 e. The van der Waals surface area contributed by atoms with E-state index in [4.69, 9.17) is 4.43 Å². The van der Waals surface area contributed by atoms with Crippen molar-refractivity contribution in [3.8, 4) is 0 Å². The van der Waals surface area contributed by atoms with Gasteiger partial charge in [0.15, 0.2) is 8.32 Å². The zero-order valence-corrected chi connectivity index (χ0v) is 14.6. The molecule has 0 saturated carbocycles. The predicted molar refractivity (Wildman–Crippen MR) is 87.0 cm³/mol. The van der Waals surface area contributed by atoms with Gasteiger partial charge in [-0.05, 0) is 37.4 Å². The van der Waals surface area contributed by atoms with Crippen molar-refractivity contribution in [2.45, 2.75) is 71.2 Å². The second-order valence-electron chi connectivity index (χ2n) is 6.51. The van der Waals surface area contributed by atoms with Crippen LogP contribution in [-0.4, -0.2) is 26.1 Å². The molecule has 2 nitrogen and oxygen atoms in total. The van der Waals surface area contributed by atoms with Gasteiger partial charge in [-0.15, -0.1) is 0 Å². The zero-order chi connectivity index (χ0) is 14.9. The molecule has 112 valence electrons. The molecule has 0 heterocycles. The third-order valence-corrected chi connectivity index (χ3v) is 8.25. The Morgan fingerprint density at radius 3 is 2.16 bits per heavy atom. The van der Waals surface area contributed by atoms with Crippen molar-refractivity contribution in [3.63, 3.8) is 0 Å². The second kappa shape index (κ2) is 8.72. The molecular weight excluding hydrogens is 252 g/mol. The predicted octanol–water partition coefficient (Wildman–Crippen LogP) is 4.67. The van der Waals surface area contributed by atoms with E-state index in [9.17, 15) is 5.11 Å². The Labute approximate surface area is 120 Å². The number of aliphatic hydroxyl groups is 1. The first-order valence-electron chi connectivity index (χ1n) is 7.33. The second-order valence-corrected chi connectivity index (χ2v) is 11.3. The Hall–Kier alpha value is -0.383. The van der Waals surface area contributed by atoms with Crippen LogP contribution in [0.4, 0.5) is 0 Å². The van der Waals surface area contributed by atoms with E-state index >= 15 is 0 Å². The molecule has 0 aromatic rings. The molecule has 0 spiro atoms. The van der Waals surface area contributed by atoms with Crippen LogP contribution in [0, 0.1) is 0 Å². The van der Waals surface area contributed by atoms with Gasteiger partial charge in [-0.25, -0.2) is 0 Å². The first kappa shape index (κ1) is 18.6. The Bertz CT molecular complexity index is 288. The lowest BCUT2D eigenvalue weighted by Crippen LogP contribution is -2.44. The van der Waals surface area contributed by atoms with Crippen LogP contribution >= 0.6 is 0 Å². The molecular formula is C16H32O2Si. The molecule has 0 aliphatic rings. The van der Waals surface area contributed by atoms with Crippen molar-refractivity contribution in [1.82, 2.24) is 0 Å². The first-order chi connectivity index (χ1) is 8.74. The van der Waals surface area contributed by atoms with Gasteiger partial charge in [-0.1, -0.05) is 52.0 Å². The maximum atomic E-state index is 9.45. The Kier molecular flexibility index (Phi) is 8.55. The third kappa shape index (κ3) is 7.70. The van der Waals surface area contributed by atoms with Crippen molar-refractivity contribution in [2.75, 3.05) is 6.61 Å². The van der Waals surface area contributed by atoms with E-state index in [0.717, 1.165) is 19.3 Å². The zero-order valence-electron chi connectivity index (χ0n) is 13.6. The van der Waals surface area contributed by atoms with Gasteiger partial charge in [0.25, 0.3) is 0 Å². The summed E-state index contributed by atoms with van der Waals surface area (Å²) >= 11 is 0. The maximum absolute atomic E-state index is 9.45. The molecule has 0 bridgehead atoms. The number of hydrogen-bond acceptors (Lipinski definition) is 2. The molecule has 0 rings (SSSR count). The summed E-state index contributed by atoms with van der Waals surface area (Å²) in [6, 6.07) is 0. The minimum atomic E-state index is -1.78. The lowest BCUT2D eigenvalue weighted by molar-refractivity contribution is 0.105. The van der Waals surface area contributed by atoms with E-state index < -0.39 is 8.32 Å². The fraction of sp³-hybridized carbons (Fsp3) is 0.750. The first-order valence-corrected chi connectivity index (χ1v) is 10.2. The van der Waals surface area contributed by atoms with E-state index in [1.807, 2.05) is 0 Å². The molecule has 0 aliphatic heterocycles. The summed E-state index contributed by atoms with van der Waals surface area (Å²) in [5.74, 6) is 0. The molecule has 19 heavy (non-hydrogen) atoms. The van der Waals surface area contributed by atoms with Gasteiger partial charge in [-0.2, -0.15) is 0 Å². The van der Waals surface area contributed by atoms with E-state index in [-0.39, 0.29) is 17.7 Å². The van der Waals surface area contributed by atoms with Crippen molar-refractivity contribution in [3.05, 3.63) is 24.3 Å². The Balaban J connectivity index is 4.26. The fourth-order valence-corrected chi connectivity index (χ4v) is 2.80. The molecule has 0 aliphatic carbocycles. The molecule has 0 fully saturated rings. The molecule has 3 heteroatoms. The Morgan fingerprint density at radius 2 is 1.68 bits per heavy atom. The summed E-state index contributed by atoms with van der Waals surface area (Å²) < 4.78 is 6.20. The molecule has 0 radical (unpaired) electrons. The van der Waals surface area contributed by atoms with Crippen LogP contribution in [0.1, 0.15) is 47.0 Å². The van der Waals surface area contributed by atoms with Gasteiger partial charge < -0.3 is 9.53 Å². The highest BCUT2D eigenvalue weighted by Crippen LogP contribution is 2.37. The molecule has 0 unspecified atom stereocenters. The van der Waals surface area contributed by atoms with Gasteiger partial charge >= 0.3 is 0 Å². The van der Waals surface area contributed by atoms with Crippen molar-refractivity contribution in [2.24, 2.45) is 0 Å². The average Bonchev–Trinajstić information content (AvgIpc) is 2.30. The van der Waals surface area contributed by atoms with E-state index in [2.05, 4.69) is 65.1 Å². The van der Waals surface area contributed by atoms with Crippen LogP contribution in [0.25, 0.3) is 0 Å². The van der Waals surface area contributed by atoms with Crippen LogP contribution in [-0.2, 0) is 4.43 Å². The van der Waals surface area contributed by atoms with Crippen LogP contribution in [0.3, 0.4) is 0 Å². The van der Waals surface area contributed by atoms with Crippen LogP contribution < -0.4 is 0 Å². The van der Waals surface area contributed by atoms with Gasteiger partial charge in [0.1, 0.15) is 0 Å². The summed E-state index contributed by atoms with van der Waals surface area (Å²) in [6.45, 7) is 13.3. The summed E-state index contributed by atoms with van der Waals surface area (Å²) in [7, 11) is -1.78. The van der Waals surface area contributed by atoms with Crippen LogP contribution in [0.15, 0.2) is 24.3 Å². The van der Waals surface area contributed by atoms with Crippen molar-refractivity contribution >= 4 is 8.32 Å². The number of hydrogen-bond donors (Lipinski definition) is 1. The Morgan fingerprint density at radius 1 is 1.11 bits per heavy atom. The standard InChI is InChI=1S/C16H32O2Si/c1-7-8-9-10-11-12-13-15(14-17)18-19(5,6)16(2,3)4/h8-9,11-12,15,17H,7,10,13-14H2,1-6H3/b9-8-,12-11-/t15-/m0/s1. The normalized spacial score (nSPS) is 15.5. The summed E-state index contributed by atoms with van der Waals surface area (Å²) in [6.07, 6.45) is 11.4. The summed E-state index contributed by atoms with van der Waals surface area (Å²) in [5, 5.41) is 9.63. The molecule has 1 N–H and O–H groups in total. The van der Waals surface area contributed by atoms with E-state index in [0.29, 0.717) is 0 Å². The molecule has 0 saturated heterocycles. The van der Waals surface area contributed by atoms with E-state index in [1.54, 1.807) is 0 Å². The van der Waals surface area contributed by atoms with Crippen molar-refractivity contribution in [1.29, 1.82) is 0 Å². The van der Waals surface area contributed by atoms with Crippen LogP contribution in [0.2, 0.25) is 18.1 Å². The maximum Gasteiger partial charge on any atom is 0.192 e. The van der Waals surface area contributed by atoms with Crippen LogP contribution in [0.5, 0.6) is 0 Å². The summed E-state index contributed by atoms with van der Waals surface area (Å²) in [4.78, 5) is 0. The van der Waals surface area contributed by atoms with Crippen molar-refractivity contribution < 1.29 is 9.53 Å². The monoisotopic (exact) mass is 284 g/mol. The number of allylic oxidation sites excluding steroid dienone is 3. The molecule has 0 aromatic heterocycles. The molecule has 0 amide bonds. The molecule has 0 aromatic carbocycles. The largest absolute Gasteiger partial charge is 0.411 e. The highest BCUT2D eigenvalue weighted by Gasteiger charge is 2.38. The minimum absolute atomic E-state index is 0.0627. The van der Waals surface area contributed by atoms with Gasteiger partial charge in [0, 0.05) is 0 Å². The molecule has 1 atom stereocenters. The fourth-order valence-electron chi connectivity index (χ4n) is 1.44. The average molecular weight is 285 g/mol. The SMILES string of the molecule is CC/C=C\C/C=C\C[C@@H](CO)O[Si](C)(C)C(C)(C)C. The third-order valence-electron chi connectivity index (χ3n) is 3.71. The lowest BCUT2D eigenvalue weighted by atomic mass is 10.2. The van der Waals surface area contributed by atoms with Gasteiger partial charge in [0.2, 0.25) is 0 Å². The van der Waals surface area contributed by atoms with E-state index in [1.165, 1.54) is 0 Å². The topological polar surface area (TPSA) is 29.5 Å². The summed E-state index contributed by atoms with van der Waals surface area (Å²) in [5.41, 5.74) is 0. The van der Waals surface area contributed by atoms with Gasteiger partial charge in [-0.3, -0.25) is 0 Å². The number of aliphatic hydroxyl groups excluding tert-OH is 1. The quantitative estimate of drug-likeness (QED) is 0.518. The smallest absolute Gasteiger partial charge is 0.192 e. The number of rotatable bonds is 8. The van der Waals surface area contributed by atoms with Gasteiger partial charge in [0.05, 0.1) is 12.7 Å². The highest BCUT2D eigenvalue weighted by atomic mass is 28.4. The lowest BCUT2D eigenvalue weighted by Gasteiger charge is -2.38.